The smallest absolute Gasteiger partial charge is 0.264 e. The maximum Gasteiger partial charge on any atom is 0.264 e. The van der Waals surface area contributed by atoms with Gasteiger partial charge in [0.2, 0.25) is 11.8 Å². The lowest BCUT2D eigenvalue weighted by molar-refractivity contribution is 0.454. The fraction of sp³-hybridized carbons (Fsp3) is 0. The molecule has 0 aliphatic heterocycles. The topological polar surface area (TPSA) is 78.0 Å². The van der Waals surface area contributed by atoms with E-state index in [4.69, 9.17) is 0 Å². The number of nitrogens with zero attached hydrogens (tertiary/aromatic N) is 1. The van der Waals surface area contributed by atoms with Crippen LogP contribution in [0.5, 0.6) is 5.88 Å². The molecular formula is C16H12FN3O2. The van der Waals surface area contributed by atoms with E-state index in [9.17, 15) is 14.3 Å². The summed E-state index contributed by atoms with van der Waals surface area (Å²) in [7, 11) is 0. The molecule has 0 radical (unpaired) electrons. The van der Waals surface area contributed by atoms with Crippen molar-refractivity contribution in [2.24, 2.45) is 0 Å². The third kappa shape index (κ3) is 2.67. The van der Waals surface area contributed by atoms with Crippen molar-refractivity contribution in [3.05, 3.63) is 70.8 Å². The maximum absolute atomic E-state index is 13.8. The molecule has 0 atom stereocenters. The van der Waals surface area contributed by atoms with Crippen molar-refractivity contribution >= 4 is 11.6 Å². The van der Waals surface area contributed by atoms with E-state index < -0.39 is 17.3 Å². The Morgan fingerprint density at radius 1 is 1.05 bits per heavy atom. The summed E-state index contributed by atoms with van der Waals surface area (Å²) in [4.78, 5) is 18.5. The van der Waals surface area contributed by atoms with Crippen LogP contribution in [0.2, 0.25) is 0 Å². The van der Waals surface area contributed by atoms with Crippen LogP contribution in [0.1, 0.15) is 0 Å². The van der Waals surface area contributed by atoms with Gasteiger partial charge < -0.3 is 10.4 Å². The van der Waals surface area contributed by atoms with Gasteiger partial charge in [-0.15, -0.1) is 0 Å². The van der Waals surface area contributed by atoms with E-state index in [-0.39, 0.29) is 17.1 Å². The number of H-pyrrole nitrogens is 1. The first kappa shape index (κ1) is 13.8. The number of benzene rings is 2. The van der Waals surface area contributed by atoms with Crippen molar-refractivity contribution in [1.82, 2.24) is 9.97 Å². The fourth-order valence-electron chi connectivity index (χ4n) is 2.09. The van der Waals surface area contributed by atoms with Crippen LogP contribution in [0, 0.1) is 5.82 Å². The number of hydrogen-bond donors (Lipinski definition) is 3. The quantitative estimate of drug-likeness (QED) is 0.694. The van der Waals surface area contributed by atoms with Crippen molar-refractivity contribution in [2.45, 2.75) is 0 Å². The summed E-state index contributed by atoms with van der Waals surface area (Å²) in [5.74, 6) is -1.06. The Kier molecular flexibility index (Phi) is 3.57. The lowest BCUT2D eigenvalue weighted by atomic mass is 10.1. The van der Waals surface area contributed by atoms with Gasteiger partial charge in [0.1, 0.15) is 11.4 Å². The molecule has 0 aliphatic carbocycles. The zero-order valence-electron chi connectivity index (χ0n) is 11.4. The molecule has 0 amide bonds. The molecule has 110 valence electrons. The van der Waals surface area contributed by atoms with E-state index >= 15 is 0 Å². The first-order valence-corrected chi connectivity index (χ1v) is 6.55. The van der Waals surface area contributed by atoms with Crippen molar-refractivity contribution in [3.63, 3.8) is 0 Å². The summed E-state index contributed by atoms with van der Waals surface area (Å²) >= 11 is 0. The van der Waals surface area contributed by atoms with Gasteiger partial charge in [0.05, 0.1) is 0 Å². The summed E-state index contributed by atoms with van der Waals surface area (Å²) in [6.45, 7) is 0. The van der Waals surface area contributed by atoms with Crippen LogP contribution in [0.25, 0.3) is 11.1 Å². The second-order valence-electron chi connectivity index (χ2n) is 4.58. The first-order chi connectivity index (χ1) is 10.6. The van der Waals surface area contributed by atoms with Crippen molar-refractivity contribution in [2.75, 3.05) is 5.32 Å². The minimum absolute atomic E-state index is 0.0000103. The highest BCUT2D eigenvalue weighted by Crippen LogP contribution is 2.26. The summed E-state index contributed by atoms with van der Waals surface area (Å²) in [5.41, 5.74) is -0.128. The molecule has 0 bridgehead atoms. The third-order valence-corrected chi connectivity index (χ3v) is 3.08. The minimum Gasteiger partial charge on any atom is -0.493 e. The molecule has 1 aromatic heterocycles. The molecule has 6 heteroatoms. The number of rotatable bonds is 3. The van der Waals surface area contributed by atoms with Gasteiger partial charge in [-0.1, -0.05) is 36.4 Å². The lowest BCUT2D eigenvalue weighted by Crippen LogP contribution is -2.14. The number of aromatic amines is 1. The highest BCUT2D eigenvalue weighted by Gasteiger charge is 2.16. The average molecular weight is 297 g/mol. The molecule has 0 saturated carbocycles. The van der Waals surface area contributed by atoms with Crippen LogP contribution >= 0.6 is 0 Å². The van der Waals surface area contributed by atoms with Crippen LogP contribution in [-0.2, 0) is 0 Å². The second-order valence-corrected chi connectivity index (χ2v) is 4.58. The van der Waals surface area contributed by atoms with Crippen molar-refractivity contribution in [3.8, 4) is 17.0 Å². The number of halogens is 1. The standard InChI is InChI=1S/C16H12FN3O2/c17-12-9-5-4-8-11(12)13-14(21)19-16(20-15(13)22)18-10-6-2-1-3-7-10/h1-9H,(H3,18,19,20,21,22). The predicted octanol–water partition coefficient (Wildman–Crippen LogP) is 3.03. The highest BCUT2D eigenvalue weighted by atomic mass is 19.1. The van der Waals surface area contributed by atoms with Gasteiger partial charge >= 0.3 is 0 Å². The molecule has 3 rings (SSSR count). The van der Waals surface area contributed by atoms with Crippen LogP contribution in [0.15, 0.2) is 59.4 Å². The summed E-state index contributed by atoms with van der Waals surface area (Å²) in [6.07, 6.45) is 0. The first-order valence-electron chi connectivity index (χ1n) is 6.55. The van der Waals surface area contributed by atoms with Gasteiger partial charge in [0, 0.05) is 11.3 Å². The molecule has 0 saturated heterocycles. The van der Waals surface area contributed by atoms with Crippen molar-refractivity contribution in [1.29, 1.82) is 0 Å². The van der Waals surface area contributed by atoms with E-state index in [1.165, 1.54) is 18.2 Å². The number of aromatic hydroxyl groups is 1. The Morgan fingerprint density at radius 3 is 2.41 bits per heavy atom. The Balaban J connectivity index is 2.03. The SMILES string of the molecule is O=c1[nH]c(Nc2ccccc2)nc(O)c1-c1ccccc1F. The Labute approximate surface area is 125 Å². The van der Waals surface area contributed by atoms with Gasteiger partial charge in [-0.05, 0) is 18.2 Å². The van der Waals surface area contributed by atoms with Crippen LogP contribution < -0.4 is 10.9 Å². The third-order valence-electron chi connectivity index (χ3n) is 3.08. The van der Waals surface area contributed by atoms with Crippen LogP contribution in [0.3, 0.4) is 0 Å². The monoisotopic (exact) mass is 297 g/mol. The van der Waals surface area contributed by atoms with E-state index in [1.54, 1.807) is 18.2 Å². The van der Waals surface area contributed by atoms with E-state index in [0.717, 1.165) is 0 Å². The van der Waals surface area contributed by atoms with Gasteiger partial charge in [0.25, 0.3) is 5.56 Å². The summed E-state index contributed by atoms with van der Waals surface area (Å²) in [6, 6.07) is 14.7. The summed E-state index contributed by atoms with van der Waals surface area (Å²) in [5, 5.41) is 12.8. The number of anilines is 2. The molecule has 1 heterocycles. The minimum atomic E-state index is -0.629. The largest absolute Gasteiger partial charge is 0.493 e. The number of para-hydroxylation sites is 1. The molecule has 0 spiro atoms. The molecule has 5 nitrogen and oxygen atoms in total. The number of aromatic nitrogens is 2. The van der Waals surface area contributed by atoms with Gasteiger partial charge in [-0.3, -0.25) is 9.78 Å². The van der Waals surface area contributed by atoms with Gasteiger partial charge in [0.15, 0.2) is 0 Å². The Hall–Kier alpha value is -3.15. The zero-order valence-corrected chi connectivity index (χ0v) is 11.4. The second kappa shape index (κ2) is 5.69. The molecule has 3 N–H and O–H groups in total. The van der Waals surface area contributed by atoms with Gasteiger partial charge in [-0.25, -0.2) is 4.39 Å². The van der Waals surface area contributed by atoms with Crippen LogP contribution in [0.4, 0.5) is 16.0 Å². The average Bonchev–Trinajstić information content (AvgIpc) is 2.49. The molecule has 0 unspecified atom stereocenters. The molecule has 3 aromatic rings. The molecule has 2 aromatic carbocycles. The van der Waals surface area contributed by atoms with E-state index in [0.29, 0.717) is 5.69 Å². The lowest BCUT2D eigenvalue weighted by Gasteiger charge is -2.08. The van der Waals surface area contributed by atoms with Gasteiger partial charge in [-0.2, -0.15) is 4.98 Å². The number of nitrogens with one attached hydrogen (secondary N) is 2. The molecule has 0 fully saturated rings. The van der Waals surface area contributed by atoms with Crippen molar-refractivity contribution < 1.29 is 9.50 Å². The normalized spacial score (nSPS) is 10.4. The number of hydrogen-bond acceptors (Lipinski definition) is 4. The molecule has 0 aliphatic rings. The summed E-state index contributed by atoms with van der Waals surface area (Å²) < 4.78 is 13.8. The van der Waals surface area contributed by atoms with Crippen LogP contribution in [-0.4, -0.2) is 15.1 Å². The predicted molar refractivity (Wildman–Crippen MR) is 81.6 cm³/mol. The van der Waals surface area contributed by atoms with E-state index in [1.807, 2.05) is 18.2 Å². The Morgan fingerprint density at radius 2 is 1.73 bits per heavy atom. The molecular weight excluding hydrogens is 285 g/mol. The highest BCUT2D eigenvalue weighted by molar-refractivity contribution is 5.69. The maximum atomic E-state index is 13.8. The van der Waals surface area contributed by atoms with E-state index in [2.05, 4.69) is 15.3 Å². The molecule has 22 heavy (non-hydrogen) atoms. The zero-order chi connectivity index (χ0) is 15.5. The Bertz CT molecular complexity index is 863. The fourth-order valence-corrected chi connectivity index (χ4v) is 2.09.